The molecule has 0 saturated heterocycles. The summed E-state index contributed by atoms with van der Waals surface area (Å²) in [5.41, 5.74) is 12.2. The number of nitrogens with zero attached hydrogens (tertiary/aromatic N) is 2. The van der Waals surface area contributed by atoms with E-state index in [0.717, 1.165) is 33.5 Å². The van der Waals surface area contributed by atoms with Crippen LogP contribution in [0, 0.1) is 0 Å². The molecule has 62 heavy (non-hydrogen) atoms. The van der Waals surface area contributed by atoms with Gasteiger partial charge in [0.05, 0.1) is 11.4 Å². The van der Waals surface area contributed by atoms with Crippen LogP contribution in [0.1, 0.15) is 0 Å². The lowest BCUT2D eigenvalue weighted by Gasteiger charge is -2.19. The summed E-state index contributed by atoms with van der Waals surface area (Å²) in [4.78, 5) is 10.3. The van der Waals surface area contributed by atoms with E-state index in [1.165, 1.54) is 81.9 Å². The van der Waals surface area contributed by atoms with Gasteiger partial charge in [-0.25, -0.2) is 9.97 Å². The van der Waals surface area contributed by atoms with Crippen LogP contribution in [0.15, 0.2) is 231 Å². The van der Waals surface area contributed by atoms with Crippen molar-refractivity contribution in [2.75, 3.05) is 0 Å². The topological polar surface area (TPSA) is 25.8 Å². The first-order valence-corrected chi connectivity index (χ1v) is 21.2. The first-order chi connectivity index (χ1) is 30.7. The van der Waals surface area contributed by atoms with Crippen molar-refractivity contribution in [1.29, 1.82) is 0 Å². The summed E-state index contributed by atoms with van der Waals surface area (Å²) >= 11 is 0. The summed E-state index contributed by atoms with van der Waals surface area (Å²) in [7, 11) is 0. The normalized spacial score (nSPS) is 11.5. The van der Waals surface area contributed by atoms with E-state index in [2.05, 4.69) is 212 Å². The zero-order valence-electron chi connectivity index (χ0n) is 33.8. The first-order valence-electron chi connectivity index (χ1n) is 21.2. The number of hydrogen-bond donors (Lipinski definition) is 0. The molecule has 1 aromatic heterocycles. The number of rotatable bonds is 6. The van der Waals surface area contributed by atoms with Crippen molar-refractivity contribution >= 4 is 53.9 Å². The largest absolute Gasteiger partial charge is 0.228 e. The number of benzene rings is 11. The van der Waals surface area contributed by atoms with Crippen LogP contribution in [0.2, 0.25) is 0 Å². The molecule has 0 saturated carbocycles. The van der Waals surface area contributed by atoms with Crippen LogP contribution in [0.3, 0.4) is 0 Å². The van der Waals surface area contributed by atoms with Crippen LogP contribution in [0.25, 0.3) is 121 Å². The Labute approximate surface area is 360 Å². The average Bonchev–Trinajstić information content (AvgIpc) is 3.35. The van der Waals surface area contributed by atoms with Gasteiger partial charge in [0.25, 0.3) is 0 Å². The smallest absolute Gasteiger partial charge is 0.160 e. The molecule has 11 aromatic carbocycles. The van der Waals surface area contributed by atoms with E-state index in [1.807, 2.05) is 18.2 Å². The molecule has 1 heterocycles. The van der Waals surface area contributed by atoms with Gasteiger partial charge in [0, 0.05) is 16.7 Å². The predicted octanol–water partition coefficient (Wildman–Crippen LogP) is 16.2. The first kappa shape index (κ1) is 35.7. The summed E-state index contributed by atoms with van der Waals surface area (Å²) in [5.74, 6) is 0.706. The van der Waals surface area contributed by atoms with E-state index in [-0.39, 0.29) is 0 Å². The molecule has 0 fully saturated rings. The predicted molar refractivity (Wildman–Crippen MR) is 262 cm³/mol. The van der Waals surface area contributed by atoms with Gasteiger partial charge in [-0.15, -0.1) is 0 Å². The third-order valence-corrected chi connectivity index (χ3v) is 12.4. The minimum Gasteiger partial charge on any atom is -0.228 e. The molecule has 0 aliphatic rings. The molecule has 288 valence electrons. The van der Waals surface area contributed by atoms with Crippen LogP contribution in [-0.2, 0) is 0 Å². The van der Waals surface area contributed by atoms with Gasteiger partial charge in [-0.2, -0.15) is 0 Å². The molecule has 2 nitrogen and oxygen atoms in total. The Morgan fingerprint density at radius 3 is 1.44 bits per heavy atom. The van der Waals surface area contributed by atoms with Gasteiger partial charge in [-0.3, -0.25) is 0 Å². The van der Waals surface area contributed by atoms with Crippen molar-refractivity contribution in [3.8, 4) is 67.3 Å². The van der Waals surface area contributed by atoms with Gasteiger partial charge in [0.15, 0.2) is 5.82 Å². The van der Waals surface area contributed by atoms with Crippen molar-refractivity contribution < 1.29 is 0 Å². The quantitative estimate of drug-likeness (QED) is 0.124. The standard InChI is InChI=1S/C60H38N2/c1-3-15-43(16-4-1)57-52-21-11-12-22-53(52)58(59-51-20-10-9-14-41(51)33-34-54(57)59)50-32-30-47-36-49(31-29-48(47)37-50)56-38-55(61-60(62-56)44-17-5-2-6-18-44)42-26-23-40(24-27-42)46-28-25-39-13-7-8-19-45(39)35-46/h1-38H. The van der Waals surface area contributed by atoms with Gasteiger partial charge < -0.3 is 0 Å². The van der Waals surface area contributed by atoms with Gasteiger partial charge >= 0.3 is 0 Å². The fourth-order valence-corrected chi connectivity index (χ4v) is 9.39. The van der Waals surface area contributed by atoms with Crippen LogP contribution < -0.4 is 0 Å². The minimum atomic E-state index is 0.706. The van der Waals surface area contributed by atoms with Crippen LogP contribution in [0.4, 0.5) is 0 Å². The maximum Gasteiger partial charge on any atom is 0.160 e. The second-order valence-corrected chi connectivity index (χ2v) is 16.1. The summed E-state index contributed by atoms with van der Waals surface area (Å²) in [5, 5.41) is 12.4. The lowest BCUT2D eigenvalue weighted by molar-refractivity contribution is 1.18. The number of aromatic nitrogens is 2. The van der Waals surface area contributed by atoms with Crippen molar-refractivity contribution in [1.82, 2.24) is 9.97 Å². The minimum absolute atomic E-state index is 0.706. The summed E-state index contributed by atoms with van der Waals surface area (Å²) in [6, 6.07) is 83.1. The van der Waals surface area contributed by atoms with Gasteiger partial charge in [-0.1, -0.05) is 206 Å². The zero-order chi connectivity index (χ0) is 41.0. The molecular weight excluding hydrogens is 749 g/mol. The van der Waals surface area contributed by atoms with E-state index in [0.29, 0.717) is 5.82 Å². The Kier molecular flexibility index (Phi) is 8.53. The number of hydrogen-bond acceptors (Lipinski definition) is 2. The number of fused-ring (bicyclic) bond motifs is 6. The molecule has 0 spiro atoms. The van der Waals surface area contributed by atoms with Gasteiger partial charge in [-0.05, 0) is 112 Å². The van der Waals surface area contributed by atoms with Crippen molar-refractivity contribution in [2.45, 2.75) is 0 Å². The highest BCUT2D eigenvalue weighted by atomic mass is 14.9. The highest BCUT2D eigenvalue weighted by Gasteiger charge is 2.19. The highest BCUT2D eigenvalue weighted by molar-refractivity contribution is 6.28. The second-order valence-electron chi connectivity index (χ2n) is 16.1. The summed E-state index contributed by atoms with van der Waals surface area (Å²) in [6.07, 6.45) is 0. The zero-order valence-corrected chi connectivity index (χ0v) is 33.8. The summed E-state index contributed by atoms with van der Waals surface area (Å²) in [6.45, 7) is 0. The fraction of sp³-hybridized carbons (Fsp3) is 0. The molecule has 12 rings (SSSR count). The molecule has 0 radical (unpaired) electrons. The average molecular weight is 787 g/mol. The fourth-order valence-electron chi connectivity index (χ4n) is 9.39. The van der Waals surface area contributed by atoms with E-state index in [4.69, 9.17) is 9.97 Å². The van der Waals surface area contributed by atoms with Crippen LogP contribution >= 0.6 is 0 Å². The second kappa shape index (κ2) is 14.8. The van der Waals surface area contributed by atoms with Crippen molar-refractivity contribution in [3.05, 3.63) is 231 Å². The van der Waals surface area contributed by atoms with E-state index in [1.54, 1.807) is 0 Å². The lowest BCUT2D eigenvalue weighted by Crippen LogP contribution is -1.96. The van der Waals surface area contributed by atoms with Crippen LogP contribution in [0.5, 0.6) is 0 Å². The maximum atomic E-state index is 5.18. The third kappa shape index (κ3) is 6.20. The van der Waals surface area contributed by atoms with E-state index in [9.17, 15) is 0 Å². The molecule has 12 aromatic rings. The molecular formula is C60H38N2. The molecule has 2 heteroatoms. The molecule has 0 unspecified atom stereocenters. The van der Waals surface area contributed by atoms with Crippen LogP contribution in [-0.4, -0.2) is 9.97 Å². The van der Waals surface area contributed by atoms with E-state index < -0.39 is 0 Å². The lowest BCUT2D eigenvalue weighted by atomic mass is 9.83. The molecule has 0 amide bonds. The Balaban J connectivity index is 0.981. The monoisotopic (exact) mass is 786 g/mol. The Morgan fingerprint density at radius 1 is 0.226 bits per heavy atom. The Bertz CT molecular complexity index is 3670. The SMILES string of the molecule is c1ccc(-c2nc(-c3ccc(-c4ccc5ccccc5c4)cc3)cc(-c3ccc4cc(-c5c6ccccc6c(-c6ccccc6)c6ccc7ccccc7c56)ccc4c3)n2)cc1. The molecule has 0 aliphatic carbocycles. The maximum absolute atomic E-state index is 5.18. The molecule has 0 bridgehead atoms. The Morgan fingerprint density at radius 2 is 0.694 bits per heavy atom. The molecule has 0 atom stereocenters. The Hall–Kier alpha value is -8.20. The molecule has 0 N–H and O–H groups in total. The third-order valence-electron chi connectivity index (χ3n) is 12.4. The van der Waals surface area contributed by atoms with Crippen molar-refractivity contribution in [2.24, 2.45) is 0 Å². The van der Waals surface area contributed by atoms with E-state index >= 15 is 0 Å². The molecule has 0 aliphatic heterocycles. The van der Waals surface area contributed by atoms with Gasteiger partial charge in [0.2, 0.25) is 0 Å². The summed E-state index contributed by atoms with van der Waals surface area (Å²) < 4.78 is 0. The van der Waals surface area contributed by atoms with Gasteiger partial charge in [0.1, 0.15) is 0 Å². The van der Waals surface area contributed by atoms with Crippen molar-refractivity contribution in [3.63, 3.8) is 0 Å². The highest BCUT2D eigenvalue weighted by Crippen LogP contribution is 2.46.